The Balaban J connectivity index is -0.00000184. The predicted molar refractivity (Wildman–Crippen MR) is 201 cm³/mol. The van der Waals surface area contributed by atoms with Gasteiger partial charge in [0.15, 0.2) is 0 Å². The first-order valence-electron chi connectivity index (χ1n) is 20.6. The molecule has 0 aromatic rings. The zero-order valence-electron chi connectivity index (χ0n) is 35.6. The summed E-state index contributed by atoms with van der Waals surface area (Å²) in [5, 5.41) is 0. The van der Waals surface area contributed by atoms with E-state index in [0.717, 1.165) is 25.7 Å². The molecule has 9 heteroatoms. The van der Waals surface area contributed by atoms with Gasteiger partial charge in [-0.2, -0.15) is 0 Å². The monoisotopic (exact) mass is 760 g/mol. The van der Waals surface area contributed by atoms with Crippen molar-refractivity contribution in [2.45, 2.75) is 238 Å². The Morgan fingerprint density at radius 1 is 0.400 bits per heavy atom. The van der Waals surface area contributed by atoms with E-state index < -0.39 is 29.9 Å². The van der Waals surface area contributed by atoms with Crippen LogP contribution in [-0.4, -0.2) is 29.9 Å². The Morgan fingerprint density at radius 3 is 0.940 bits per heavy atom. The fourth-order valence-electron chi connectivity index (χ4n) is 6.14. The fraction of sp³-hybridized carbons (Fsp3) is 0.902. The van der Waals surface area contributed by atoms with E-state index in [-0.39, 0.29) is 131 Å². The van der Waals surface area contributed by atoms with Gasteiger partial charge >= 0.3 is 127 Å². The molecule has 0 heterocycles. The SMILES string of the molecule is CCCCCCCCCCCCCCCCCC(=O)OC(=O)CC[C@H](N)C(=O)OC(=O)CCCCCCCCCCCCCCCCC.[H-].[H-].[K+].[K+]. The normalized spacial score (nSPS) is 11.3. The molecule has 0 aliphatic rings. The summed E-state index contributed by atoms with van der Waals surface area (Å²) >= 11 is 0. The molecule has 0 radical (unpaired) electrons. The van der Waals surface area contributed by atoms with Crippen molar-refractivity contribution in [2.75, 3.05) is 0 Å². The van der Waals surface area contributed by atoms with Crippen LogP contribution >= 0.6 is 0 Å². The summed E-state index contributed by atoms with van der Waals surface area (Å²) in [5.74, 6) is -2.65. The van der Waals surface area contributed by atoms with Crippen LogP contribution in [-0.2, 0) is 28.7 Å². The van der Waals surface area contributed by atoms with Gasteiger partial charge in [-0.3, -0.25) is 14.4 Å². The molecule has 0 amide bonds. The maximum atomic E-state index is 12.1. The second kappa shape index (κ2) is 44.9. The quantitative estimate of drug-likeness (QED) is 0.0362. The van der Waals surface area contributed by atoms with Crippen LogP contribution in [0, 0.1) is 0 Å². The number of unbranched alkanes of at least 4 members (excludes halogenated alkanes) is 28. The number of hydrogen-bond acceptors (Lipinski definition) is 7. The van der Waals surface area contributed by atoms with E-state index in [1.54, 1.807) is 0 Å². The van der Waals surface area contributed by atoms with Crippen LogP contribution in [0.5, 0.6) is 0 Å². The molecule has 0 aromatic heterocycles. The number of ether oxygens (including phenoxy) is 2. The molecule has 50 heavy (non-hydrogen) atoms. The molecule has 0 fully saturated rings. The molecule has 0 aliphatic carbocycles. The largest absolute Gasteiger partial charge is 1.00 e. The molecule has 0 rings (SSSR count). The van der Waals surface area contributed by atoms with E-state index in [1.165, 1.54) is 154 Å². The van der Waals surface area contributed by atoms with E-state index >= 15 is 0 Å². The van der Waals surface area contributed by atoms with E-state index in [9.17, 15) is 19.2 Å². The third-order valence-electron chi connectivity index (χ3n) is 9.37. The zero-order chi connectivity index (χ0) is 35.3. The zero-order valence-corrected chi connectivity index (χ0v) is 39.9. The standard InChI is InChI=1S/C41H77NO6.2K.2H/c1-3-5-7-9-11-13-15-17-19-21-23-25-27-29-31-33-38(43)47-40(45)36-35-37(42)41(46)48-39(44)34-32-30-28-26-24-22-20-18-16-14-12-10-8-6-4-2;;;;/h37H,3-36,42H2,1-2H3;;;;/q;2*+1;2*-1/t37-;;;;/m0..../s1. The topological polar surface area (TPSA) is 113 Å². The van der Waals surface area contributed by atoms with E-state index in [1.807, 2.05) is 0 Å². The number of rotatable bonds is 36. The van der Waals surface area contributed by atoms with E-state index in [0.29, 0.717) is 12.8 Å². The fourth-order valence-corrected chi connectivity index (χ4v) is 6.14. The van der Waals surface area contributed by atoms with E-state index in [2.05, 4.69) is 13.8 Å². The second-order valence-corrected chi connectivity index (χ2v) is 14.2. The van der Waals surface area contributed by atoms with Gasteiger partial charge in [0.05, 0.1) is 0 Å². The smallest absolute Gasteiger partial charge is 1.00 e. The first-order chi connectivity index (χ1) is 23.4. The number of nitrogens with two attached hydrogens (primary N) is 1. The van der Waals surface area contributed by atoms with Crippen LogP contribution in [0.4, 0.5) is 0 Å². The molecule has 0 saturated carbocycles. The predicted octanol–water partition coefficient (Wildman–Crippen LogP) is 5.99. The number of esters is 4. The Bertz CT molecular complexity index is 794. The molecule has 7 nitrogen and oxygen atoms in total. The molecule has 286 valence electrons. The average Bonchev–Trinajstić information content (AvgIpc) is 3.07. The first-order valence-corrected chi connectivity index (χ1v) is 20.6. The van der Waals surface area contributed by atoms with Gasteiger partial charge in [0.1, 0.15) is 6.04 Å². The molecule has 0 saturated heterocycles. The Kier molecular flexibility index (Phi) is 50.2. The molecular weight excluding hydrogens is 681 g/mol. The molecule has 2 N–H and O–H groups in total. The summed E-state index contributed by atoms with van der Waals surface area (Å²) in [4.78, 5) is 48.1. The minimum atomic E-state index is -1.10. The third-order valence-corrected chi connectivity index (χ3v) is 9.37. The molecule has 0 aliphatic heterocycles. The Hall–Kier alpha value is 1.51. The number of carbonyl (C=O) groups excluding carboxylic acids is 4. The Morgan fingerprint density at radius 2 is 0.640 bits per heavy atom. The van der Waals surface area contributed by atoms with Gasteiger partial charge < -0.3 is 18.1 Å². The van der Waals surface area contributed by atoms with Crippen molar-refractivity contribution in [3.63, 3.8) is 0 Å². The summed E-state index contributed by atoms with van der Waals surface area (Å²) in [5.41, 5.74) is 5.81. The molecule has 0 bridgehead atoms. The van der Waals surface area contributed by atoms with Crippen LogP contribution in [0.2, 0.25) is 0 Å². The third kappa shape index (κ3) is 42.3. The maximum Gasteiger partial charge on any atom is 1.00 e. The molecule has 0 spiro atoms. The van der Waals surface area contributed by atoms with Crippen LogP contribution in [0.15, 0.2) is 0 Å². The van der Waals surface area contributed by atoms with Crippen molar-refractivity contribution in [1.29, 1.82) is 0 Å². The van der Waals surface area contributed by atoms with Gasteiger partial charge in [-0.1, -0.05) is 194 Å². The summed E-state index contributed by atoms with van der Waals surface area (Å²) < 4.78 is 9.73. The minimum Gasteiger partial charge on any atom is -1.00 e. The van der Waals surface area contributed by atoms with Crippen LogP contribution in [0.3, 0.4) is 0 Å². The van der Waals surface area contributed by atoms with Gasteiger partial charge in [-0.15, -0.1) is 0 Å². The van der Waals surface area contributed by atoms with Crippen molar-refractivity contribution in [2.24, 2.45) is 5.73 Å². The van der Waals surface area contributed by atoms with Crippen LogP contribution in [0.1, 0.15) is 235 Å². The summed E-state index contributed by atoms with van der Waals surface area (Å²) in [7, 11) is 0. The van der Waals surface area contributed by atoms with Crippen molar-refractivity contribution in [3.8, 4) is 0 Å². The first kappa shape index (κ1) is 55.8. The average molecular weight is 760 g/mol. The van der Waals surface area contributed by atoms with Gasteiger partial charge in [0.2, 0.25) is 0 Å². The summed E-state index contributed by atoms with van der Waals surface area (Å²) in [6.07, 6.45) is 37.6. The maximum absolute atomic E-state index is 12.1. The van der Waals surface area contributed by atoms with Gasteiger partial charge in [0, 0.05) is 19.3 Å². The minimum absolute atomic E-state index is 0. The van der Waals surface area contributed by atoms with Gasteiger partial charge in [-0.25, -0.2) is 4.79 Å². The number of carbonyl (C=O) groups is 4. The number of hydrogen-bond donors (Lipinski definition) is 1. The molecule has 0 unspecified atom stereocenters. The molecule has 1 atom stereocenters. The molecule has 0 aromatic carbocycles. The van der Waals surface area contributed by atoms with Crippen molar-refractivity contribution >= 4 is 23.9 Å². The van der Waals surface area contributed by atoms with Crippen molar-refractivity contribution in [3.05, 3.63) is 0 Å². The summed E-state index contributed by atoms with van der Waals surface area (Å²) in [6.45, 7) is 4.51. The molecular formula is C41H79K2NO6. The summed E-state index contributed by atoms with van der Waals surface area (Å²) in [6, 6.07) is -1.10. The van der Waals surface area contributed by atoms with Gasteiger partial charge in [-0.05, 0) is 19.3 Å². The van der Waals surface area contributed by atoms with Crippen molar-refractivity contribution < 1.29 is 134 Å². The second-order valence-electron chi connectivity index (χ2n) is 14.2. The van der Waals surface area contributed by atoms with Gasteiger partial charge in [0.25, 0.3) is 0 Å². The van der Waals surface area contributed by atoms with Crippen molar-refractivity contribution in [1.82, 2.24) is 0 Å². The Labute approximate surface area is 396 Å². The van der Waals surface area contributed by atoms with Crippen LogP contribution in [0.25, 0.3) is 0 Å². The van der Waals surface area contributed by atoms with Crippen LogP contribution < -0.4 is 109 Å². The van der Waals surface area contributed by atoms with E-state index in [4.69, 9.17) is 15.2 Å².